The molecule has 0 fully saturated rings. The highest BCUT2D eigenvalue weighted by Gasteiger charge is 2.32. The van der Waals surface area contributed by atoms with E-state index in [2.05, 4.69) is 0 Å². The Labute approximate surface area is 195 Å². The molecular weight excluding hydrogens is 432 g/mol. The predicted molar refractivity (Wildman–Crippen MR) is 119 cm³/mol. The molecular formula is C24H36O9. The third-order valence-electron chi connectivity index (χ3n) is 5.29. The molecule has 0 saturated heterocycles. The second-order valence-electron chi connectivity index (χ2n) is 9.43. The fourth-order valence-corrected chi connectivity index (χ4v) is 1.87. The minimum absolute atomic E-state index is 0.256. The van der Waals surface area contributed by atoms with Crippen LogP contribution in [0.2, 0.25) is 0 Å². The molecule has 0 aliphatic carbocycles. The summed E-state index contributed by atoms with van der Waals surface area (Å²) in [4.78, 5) is 68.9. The number of carbonyl (C=O) groups excluding carboxylic acids is 3. The molecule has 0 aliphatic heterocycles. The Balaban J connectivity index is 3.32. The summed E-state index contributed by atoms with van der Waals surface area (Å²) in [6.45, 7) is 15.9. The average Bonchev–Trinajstić information content (AvgIpc) is 2.79. The van der Waals surface area contributed by atoms with Gasteiger partial charge in [0, 0.05) is 0 Å². The quantitative estimate of drug-likeness (QED) is 0.289. The van der Waals surface area contributed by atoms with E-state index in [-0.39, 0.29) is 11.1 Å². The molecule has 9 heteroatoms. The first kappa shape index (κ1) is 28.5. The van der Waals surface area contributed by atoms with Gasteiger partial charge in [0.2, 0.25) is 0 Å². The molecule has 0 aliphatic rings. The normalized spacial score (nSPS) is 12.3. The van der Waals surface area contributed by atoms with E-state index in [1.807, 2.05) is 20.8 Å². The summed E-state index contributed by atoms with van der Waals surface area (Å²) in [6.07, 6.45) is 1.66. The molecule has 186 valence electrons. The molecule has 0 spiro atoms. The van der Waals surface area contributed by atoms with E-state index in [4.69, 9.17) is 29.3 Å². The van der Waals surface area contributed by atoms with Gasteiger partial charge in [-0.15, -0.1) is 0 Å². The van der Waals surface area contributed by atoms with Gasteiger partial charge >= 0.3 is 17.9 Å². The number of carbonyl (C=O) groups is 3. The zero-order valence-corrected chi connectivity index (χ0v) is 21.0. The molecule has 0 saturated carbocycles. The van der Waals surface area contributed by atoms with Gasteiger partial charge in [0.1, 0.15) is 16.8 Å². The van der Waals surface area contributed by atoms with Gasteiger partial charge in [-0.25, -0.2) is 14.4 Å². The molecule has 1 aromatic carbocycles. The third-order valence-corrected chi connectivity index (χ3v) is 5.29. The molecule has 0 aromatic heterocycles. The second-order valence-corrected chi connectivity index (χ2v) is 9.43. The summed E-state index contributed by atoms with van der Waals surface area (Å²) < 4.78 is 0. The first-order valence-corrected chi connectivity index (χ1v) is 11.0. The molecule has 0 N–H and O–H groups in total. The minimum atomic E-state index is -1.07. The SMILES string of the molecule is CCC(C)(C)OOC(=O)c1cccc(C(=O)OOC(C)(C)CC)c1C(=O)OOC(C)(C)CC. The summed E-state index contributed by atoms with van der Waals surface area (Å²) in [6, 6.07) is 4.01. The van der Waals surface area contributed by atoms with Crippen molar-refractivity contribution in [1.29, 1.82) is 0 Å². The van der Waals surface area contributed by atoms with Crippen LogP contribution in [-0.2, 0) is 29.3 Å². The van der Waals surface area contributed by atoms with Gasteiger partial charge < -0.3 is 0 Å². The lowest BCUT2D eigenvalue weighted by Crippen LogP contribution is -2.29. The van der Waals surface area contributed by atoms with Crippen LogP contribution in [0.15, 0.2) is 18.2 Å². The molecule has 1 aromatic rings. The van der Waals surface area contributed by atoms with Crippen LogP contribution in [0.1, 0.15) is 113 Å². The van der Waals surface area contributed by atoms with Crippen LogP contribution in [0, 0.1) is 0 Å². The molecule has 1 rings (SSSR count). The van der Waals surface area contributed by atoms with Crippen molar-refractivity contribution in [1.82, 2.24) is 0 Å². The first-order valence-electron chi connectivity index (χ1n) is 11.0. The van der Waals surface area contributed by atoms with E-state index in [1.54, 1.807) is 41.5 Å². The van der Waals surface area contributed by atoms with Crippen molar-refractivity contribution >= 4 is 17.9 Å². The van der Waals surface area contributed by atoms with E-state index < -0.39 is 40.3 Å². The van der Waals surface area contributed by atoms with E-state index in [0.29, 0.717) is 19.3 Å². The van der Waals surface area contributed by atoms with Gasteiger partial charge in [0.05, 0.1) is 16.7 Å². The molecule has 33 heavy (non-hydrogen) atoms. The van der Waals surface area contributed by atoms with Crippen LogP contribution in [-0.4, -0.2) is 34.7 Å². The predicted octanol–water partition coefficient (Wildman–Crippen LogP) is 5.52. The largest absolute Gasteiger partial charge is 0.374 e. The average molecular weight is 469 g/mol. The summed E-state index contributed by atoms with van der Waals surface area (Å²) in [5.41, 5.74) is -3.19. The van der Waals surface area contributed by atoms with Crippen molar-refractivity contribution < 1.29 is 43.7 Å². The zero-order valence-electron chi connectivity index (χ0n) is 21.0. The number of benzene rings is 1. The first-order chi connectivity index (χ1) is 15.2. The lowest BCUT2D eigenvalue weighted by atomic mass is 10.0. The molecule has 0 heterocycles. The van der Waals surface area contributed by atoms with Gasteiger partial charge in [0.15, 0.2) is 0 Å². The molecule has 0 atom stereocenters. The van der Waals surface area contributed by atoms with Crippen LogP contribution in [0.3, 0.4) is 0 Å². The van der Waals surface area contributed by atoms with Crippen LogP contribution in [0.5, 0.6) is 0 Å². The van der Waals surface area contributed by atoms with E-state index in [0.717, 1.165) is 0 Å². The zero-order chi connectivity index (χ0) is 25.4. The lowest BCUT2D eigenvalue weighted by Gasteiger charge is -2.23. The monoisotopic (exact) mass is 468 g/mol. The highest BCUT2D eigenvalue weighted by atomic mass is 17.2. The van der Waals surface area contributed by atoms with E-state index >= 15 is 0 Å². The van der Waals surface area contributed by atoms with Crippen LogP contribution >= 0.6 is 0 Å². The molecule has 0 bridgehead atoms. The second kappa shape index (κ2) is 11.6. The number of rotatable bonds is 12. The van der Waals surface area contributed by atoms with Gasteiger partial charge in [-0.3, -0.25) is 14.7 Å². The van der Waals surface area contributed by atoms with Crippen molar-refractivity contribution in [3.63, 3.8) is 0 Å². The minimum Gasteiger partial charge on any atom is -0.292 e. The number of hydrogen-bond donors (Lipinski definition) is 0. The fraction of sp³-hybridized carbons (Fsp3) is 0.625. The molecule has 9 nitrogen and oxygen atoms in total. The molecule has 0 unspecified atom stereocenters. The Bertz CT molecular complexity index is 790. The summed E-state index contributed by atoms with van der Waals surface area (Å²) >= 11 is 0. The van der Waals surface area contributed by atoms with Gasteiger partial charge in [0.25, 0.3) is 0 Å². The highest BCUT2D eigenvalue weighted by molar-refractivity contribution is 6.10. The van der Waals surface area contributed by atoms with Crippen LogP contribution in [0.4, 0.5) is 0 Å². The maximum atomic E-state index is 12.9. The van der Waals surface area contributed by atoms with Crippen molar-refractivity contribution in [2.75, 3.05) is 0 Å². The lowest BCUT2D eigenvalue weighted by molar-refractivity contribution is -0.309. The Morgan fingerprint density at radius 3 is 1.21 bits per heavy atom. The number of hydrogen-bond acceptors (Lipinski definition) is 9. The van der Waals surface area contributed by atoms with E-state index in [1.165, 1.54) is 18.2 Å². The maximum absolute atomic E-state index is 12.9. The Kier molecular flexibility index (Phi) is 10.0. The third kappa shape index (κ3) is 8.75. The summed E-state index contributed by atoms with van der Waals surface area (Å²) in [5.74, 6) is -3.04. The topological polar surface area (TPSA) is 107 Å². The van der Waals surface area contributed by atoms with Crippen molar-refractivity contribution in [2.45, 2.75) is 98.4 Å². The summed E-state index contributed by atoms with van der Waals surface area (Å²) in [7, 11) is 0. The highest BCUT2D eigenvalue weighted by Crippen LogP contribution is 2.24. The Hall–Kier alpha value is -2.49. The Morgan fingerprint density at radius 2 is 0.909 bits per heavy atom. The molecule has 0 amide bonds. The van der Waals surface area contributed by atoms with Crippen molar-refractivity contribution in [2.24, 2.45) is 0 Å². The van der Waals surface area contributed by atoms with Crippen molar-refractivity contribution in [3.8, 4) is 0 Å². The fourth-order valence-electron chi connectivity index (χ4n) is 1.87. The molecule has 0 radical (unpaired) electrons. The maximum Gasteiger partial charge on any atom is 0.374 e. The Morgan fingerprint density at radius 1 is 0.606 bits per heavy atom. The van der Waals surface area contributed by atoms with Crippen LogP contribution in [0.25, 0.3) is 0 Å². The van der Waals surface area contributed by atoms with Gasteiger partial charge in [-0.2, -0.15) is 14.7 Å². The van der Waals surface area contributed by atoms with Gasteiger partial charge in [-0.05, 0) is 72.9 Å². The van der Waals surface area contributed by atoms with Gasteiger partial charge in [-0.1, -0.05) is 26.8 Å². The van der Waals surface area contributed by atoms with E-state index in [9.17, 15) is 14.4 Å². The van der Waals surface area contributed by atoms with Crippen molar-refractivity contribution in [3.05, 3.63) is 34.9 Å². The smallest absolute Gasteiger partial charge is 0.292 e. The summed E-state index contributed by atoms with van der Waals surface area (Å²) in [5, 5.41) is 0. The standard InChI is InChI=1S/C24H36O9/c1-10-22(4,5)31-28-19(25)16-14-13-15-17(20(26)29-32-23(6,7)11-2)18(16)21(27)30-33-24(8,9)12-3/h13-15H,10-12H2,1-9H3. The van der Waals surface area contributed by atoms with Crippen LogP contribution < -0.4 is 0 Å².